The number of fused-ring (bicyclic) bond motifs is 3. The molecular formula is C96H148ClN23O27S2. The number of likely N-dealkylation sites (tertiary alicyclic amines) is 3. The molecule has 53 heteroatoms. The summed E-state index contributed by atoms with van der Waals surface area (Å²) < 4.78 is 0. The number of amides is 15. The molecule has 5 aliphatic heterocycles. The fraction of sp³-hybridized carbons (Fsp3) is 0.667. The molecule has 4 saturated heterocycles. The minimum atomic E-state index is -2.07. The van der Waals surface area contributed by atoms with E-state index in [9.17, 15) is 103 Å². The van der Waals surface area contributed by atoms with Crippen LogP contribution in [0.15, 0.2) is 42.6 Å². The first kappa shape index (κ1) is 123. The van der Waals surface area contributed by atoms with Gasteiger partial charge in [0.2, 0.25) is 88.6 Å². The number of nitrogens with two attached hydrogens (primary N) is 1. The minimum Gasteiger partial charge on any atom is -0.481 e. The van der Waals surface area contributed by atoms with E-state index in [-0.39, 0.29) is 197 Å². The number of rotatable bonds is 46. The Hall–Kier alpha value is -11.6. The summed E-state index contributed by atoms with van der Waals surface area (Å²) in [4.78, 5) is 286. The highest BCUT2D eigenvalue weighted by atomic mass is 35.5. The average molecular weight is 2160 g/mol. The second-order valence-electron chi connectivity index (χ2n) is 39.3. The molecule has 149 heavy (non-hydrogen) atoms. The highest BCUT2D eigenvalue weighted by Gasteiger charge is 2.48. The molecule has 7 heterocycles. The Kier molecular flexibility index (Phi) is 50.8. The summed E-state index contributed by atoms with van der Waals surface area (Å²) in [7, 11) is 0. The quantitative estimate of drug-likeness (QED) is 0.0250. The number of carbonyl (C=O) groups excluding carboxylic acids is 15. The molecule has 828 valence electrons. The molecule has 0 radical (unpaired) electrons. The number of aliphatic hydroxyl groups is 4. The normalized spacial score (nSPS) is 20.3. The van der Waals surface area contributed by atoms with Crippen molar-refractivity contribution in [3.8, 4) is 0 Å². The number of aromatic nitrogens is 2. The first-order valence-electron chi connectivity index (χ1n) is 50.3. The molecular weight excluding hydrogens is 2010 g/mol. The summed E-state index contributed by atoms with van der Waals surface area (Å²) in [6.07, 6.45) is 1.49. The number of nitrogens with one attached hydrogen (secondary N) is 13. The van der Waals surface area contributed by atoms with Crippen molar-refractivity contribution >= 4 is 159 Å². The Balaban J connectivity index is 1.05. The van der Waals surface area contributed by atoms with Crippen LogP contribution < -0.4 is 69.5 Å². The molecule has 8 rings (SSSR count). The van der Waals surface area contributed by atoms with Crippen molar-refractivity contribution in [1.82, 2.24) is 113 Å². The molecule has 3 aromatic rings. The molecule has 5 aliphatic rings. The third kappa shape index (κ3) is 41.3. The van der Waals surface area contributed by atoms with E-state index in [0.29, 0.717) is 29.3 Å². The van der Waals surface area contributed by atoms with Gasteiger partial charge in [-0.1, -0.05) is 65.6 Å². The summed E-state index contributed by atoms with van der Waals surface area (Å²) in [5.41, 5.74) is 6.19. The van der Waals surface area contributed by atoms with E-state index in [4.69, 9.17) is 22.3 Å². The number of pyridine rings is 1. The number of aryl methyl sites for hydroxylation is 1. The molecule has 9 atom stereocenters. The molecule has 1 spiro atoms. The number of carboxylic acid groups (broad SMARTS) is 4. The molecule has 0 saturated carbocycles. The second kappa shape index (κ2) is 61.7. The van der Waals surface area contributed by atoms with Gasteiger partial charge in [-0.25, -0.2) is 0 Å². The average Bonchev–Trinajstić information content (AvgIpc) is 1.30. The van der Waals surface area contributed by atoms with Gasteiger partial charge < -0.3 is 125 Å². The van der Waals surface area contributed by atoms with Crippen molar-refractivity contribution in [2.45, 2.75) is 209 Å². The predicted octanol–water partition coefficient (Wildman–Crippen LogP) is -5.91. The fourth-order valence-corrected chi connectivity index (χ4v) is 20.1. The largest absolute Gasteiger partial charge is 0.481 e. The highest BCUT2D eigenvalue weighted by Crippen LogP contribution is 2.30. The van der Waals surface area contributed by atoms with Crippen LogP contribution >= 0.6 is 35.1 Å². The lowest BCUT2D eigenvalue weighted by Gasteiger charge is -2.43. The number of aromatic amines is 1. The summed E-state index contributed by atoms with van der Waals surface area (Å²) in [5.74, 6) is -18.2. The summed E-state index contributed by atoms with van der Waals surface area (Å²) in [6.45, 7) is 4.39. The Morgan fingerprint density at radius 1 is 0.557 bits per heavy atom. The monoisotopic (exact) mass is 2150 g/mol. The van der Waals surface area contributed by atoms with E-state index < -0.39 is 270 Å². The molecule has 4 fully saturated rings. The standard InChI is InChI=1S/C96H148ClN23O27S2/c1-7-59(6)86-94(146)109-73(91(143)104-62-19-24-113(25-20-62)42-79(128)105-72(87(98)139)40-100-76(125)41-118(43-77(126)102-65(49-121)50-122)44-78(127)103-66(51-123)52-124)55-148-53-63-10-8-11-64(101-63)54-149-56-74(108-89(141)70(36-57(2)3)107-88(140)69(16-18-82(131)132)106-93(145)75-12-9-23-120(75)80(129)17-13-60-39-99-68-15-14-61(97)38-67(60)68)92(144)112-96(95(147)110-71(37-58(4)5)90(142)111-86)21-26-119(27-22-96)81(130)45-114-28-30-115(46-83(133)134)32-34-117(48-85(137)138)35-33-116(31-29-114)47-84(135)136/h8,10-11,14-15,38-39,57-59,62,65-66,69-75,86,99,121-124H,7,9,12-13,16-37,40-56H2,1-6H3,(H2,98,139)(H,100,125)(H,102,126)(H,103,127)(H,104,143)(H,105,128)(H,106,145)(H,107,140)(H,108,141)(H,109,146)(H,110,147)(H,111,142)(H,112,144)(H,131,132)(H,133,134)(H,135,136)(H,137,138)/t59-,69-,70+,71-,72+,73-,74-,75-,86-/m0/s1. The van der Waals surface area contributed by atoms with Crippen molar-refractivity contribution in [3.63, 3.8) is 0 Å². The molecule has 1 aromatic carbocycles. The van der Waals surface area contributed by atoms with E-state index in [2.05, 4.69) is 68.8 Å². The van der Waals surface area contributed by atoms with Gasteiger partial charge in [-0.05, 0) is 118 Å². The molecule has 2 aromatic heterocycles. The van der Waals surface area contributed by atoms with Gasteiger partial charge in [0, 0.05) is 156 Å². The summed E-state index contributed by atoms with van der Waals surface area (Å²) >= 11 is 8.68. The number of primary amides is 1. The van der Waals surface area contributed by atoms with Crippen molar-refractivity contribution in [2.75, 3.05) is 182 Å². The molecule has 0 unspecified atom stereocenters. The molecule has 50 nitrogen and oxygen atoms in total. The van der Waals surface area contributed by atoms with E-state index >= 15 is 28.8 Å². The van der Waals surface area contributed by atoms with Crippen LogP contribution in [0.4, 0.5) is 0 Å². The van der Waals surface area contributed by atoms with Crippen molar-refractivity contribution in [2.24, 2.45) is 23.5 Å². The van der Waals surface area contributed by atoms with Gasteiger partial charge in [-0.2, -0.15) is 23.5 Å². The highest BCUT2D eigenvalue weighted by molar-refractivity contribution is 7.98. The lowest BCUT2D eigenvalue weighted by atomic mass is 9.85. The molecule has 15 amide bonds. The van der Waals surface area contributed by atoms with E-state index in [1.54, 1.807) is 103 Å². The van der Waals surface area contributed by atoms with Gasteiger partial charge in [0.05, 0.1) is 102 Å². The number of aliphatic carboxylic acids is 4. The van der Waals surface area contributed by atoms with Crippen molar-refractivity contribution in [1.29, 1.82) is 0 Å². The number of thioether (sulfide) groups is 2. The SMILES string of the molecule is CC[C@H](C)[C@@H]1NC(=O)[C@H](CC(C)C)NC(=O)C2(CCN(C(=O)CN3CCN(CC(=O)O)CCN(CC(=O)O)CCN(CC(=O)O)CC3)CC2)NC(=O)[C@@H](NC(=O)[C@@H](CC(C)C)NC(=O)[C@H](CCC(=O)O)NC(=O)[C@@H]2CCCN2C(=O)CCc2c[nH]c3ccc(Cl)cc23)CSCc2cccc(n2)CSC[C@@H](C(=O)NC2CCN(CC(=O)N[C@H](CNC(=O)CN(CC(=O)NC(CO)CO)CC(=O)NC(CO)CO)C(N)=O)CC2)NC1=O. The number of H-pyrrole nitrogens is 1. The Labute approximate surface area is 877 Å². The minimum absolute atomic E-state index is 0.00291. The summed E-state index contributed by atoms with van der Waals surface area (Å²) in [5, 5.41) is 112. The van der Waals surface area contributed by atoms with Gasteiger partial charge >= 0.3 is 23.9 Å². The fourth-order valence-electron chi connectivity index (χ4n) is 18.0. The summed E-state index contributed by atoms with van der Waals surface area (Å²) in [6, 6.07) is -3.65. The zero-order valence-electron chi connectivity index (χ0n) is 85.2. The van der Waals surface area contributed by atoms with Crippen LogP contribution in [0.5, 0.6) is 0 Å². The van der Waals surface area contributed by atoms with Crippen LogP contribution in [0.1, 0.15) is 136 Å². The Bertz CT molecular complexity index is 5000. The zero-order valence-corrected chi connectivity index (χ0v) is 87.6. The van der Waals surface area contributed by atoms with Crippen LogP contribution in [0, 0.1) is 17.8 Å². The van der Waals surface area contributed by atoms with Crippen LogP contribution in [0.3, 0.4) is 0 Å². The Morgan fingerprint density at radius 3 is 1.65 bits per heavy atom. The zero-order chi connectivity index (χ0) is 109. The van der Waals surface area contributed by atoms with Gasteiger partial charge in [-0.15, -0.1) is 0 Å². The number of hydrogen-bond donors (Lipinski definition) is 22. The van der Waals surface area contributed by atoms with Gasteiger partial charge in [0.25, 0.3) is 0 Å². The van der Waals surface area contributed by atoms with Crippen LogP contribution in [0.25, 0.3) is 10.9 Å². The number of benzene rings is 1. The predicted molar refractivity (Wildman–Crippen MR) is 545 cm³/mol. The first-order valence-corrected chi connectivity index (χ1v) is 53.0. The van der Waals surface area contributed by atoms with Crippen LogP contribution in [0.2, 0.25) is 5.02 Å². The lowest BCUT2D eigenvalue weighted by molar-refractivity contribution is -0.143. The topological polar surface area (TPSA) is 711 Å². The van der Waals surface area contributed by atoms with Gasteiger partial charge in [0.15, 0.2) is 0 Å². The van der Waals surface area contributed by atoms with Crippen LogP contribution in [-0.2, 0) is 109 Å². The maximum Gasteiger partial charge on any atom is 0.317 e. The number of carbonyl (C=O) groups is 19. The van der Waals surface area contributed by atoms with E-state index in [1.165, 1.54) is 21.6 Å². The second-order valence-corrected chi connectivity index (χ2v) is 41.8. The molecule has 23 N–H and O–H groups in total. The number of hydrogen-bond acceptors (Lipinski definition) is 32. The number of aliphatic hydroxyl groups excluding tert-OH is 4. The maximum absolute atomic E-state index is 16.1. The van der Waals surface area contributed by atoms with Gasteiger partial charge in [-0.3, -0.25) is 125 Å². The molecule has 2 bridgehead atoms. The molecule has 0 aliphatic carbocycles. The smallest absolute Gasteiger partial charge is 0.317 e. The first-order chi connectivity index (χ1) is 70.8. The third-order valence-corrected chi connectivity index (χ3v) is 28.9. The van der Waals surface area contributed by atoms with Crippen LogP contribution in [-0.4, -0.2) is 456 Å². The number of piperidine rings is 2. The van der Waals surface area contributed by atoms with Gasteiger partial charge in [0.1, 0.15) is 53.9 Å². The van der Waals surface area contributed by atoms with E-state index in [0.717, 1.165) is 33.1 Å². The maximum atomic E-state index is 16.1. The van der Waals surface area contributed by atoms with Crippen molar-refractivity contribution in [3.05, 3.63) is 64.6 Å². The Morgan fingerprint density at radius 2 is 1.11 bits per heavy atom. The lowest BCUT2D eigenvalue weighted by Crippen LogP contribution is -2.68. The number of halogens is 1. The number of carboxylic acids is 4. The number of nitrogens with zero attached hydrogens (tertiary/aromatic N) is 9. The van der Waals surface area contributed by atoms with E-state index in [1.807, 2.05) is 6.07 Å². The van der Waals surface area contributed by atoms with Crippen molar-refractivity contribution < 1.29 is 132 Å². The third-order valence-electron chi connectivity index (χ3n) is 26.5.